The van der Waals surface area contributed by atoms with E-state index >= 15 is 0 Å². The molecule has 0 bridgehead atoms. The van der Waals surface area contributed by atoms with Crippen molar-refractivity contribution < 1.29 is 10.2 Å². The van der Waals surface area contributed by atoms with Crippen LogP contribution in [0, 0.1) is 0 Å². The minimum absolute atomic E-state index is 0.192. The lowest BCUT2D eigenvalue weighted by Crippen LogP contribution is -1.94. The summed E-state index contributed by atoms with van der Waals surface area (Å²) in [5.41, 5.74) is 0. The predicted molar refractivity (Wildman–Crippen MR) is 34.9 cm³/mol. The summed E-state index contributed by atoms with van der Waals surface area (Å²) in [7, 11) is 1.59. The Bertz CT molecular complexity index is 218. The summed E-state index contributed by atoms with van der Waals surface area (Å²) in [6, 6.07) is 1.06. The van der Waals surface area contributed by atoms with Crippen molar-refractivity contribution in [2.24, 2.45) is 0 Å². The SMILES string of the molecule is CNc1nc(O)cc(O)n1. The molecule has 1 heterocycles. The number of aromatic nitrogens is 2. The fourth-order valence-corrected chi connectivity index (χ4v) is 0.534. The fraction of sp³-hybridized carbons (Fsp3) is 0.200. The second kappa shape index (κ2) is 2.38. The van der Waals surface area contributed by atoms with Crippen LogP contribution in [0.5, 0.6) is 11.8 Å². The van der Waals surface area contributed by atoms with Crippen molar-refractivity contribution in [1.29, 1.82) is 0 Å². The Kier molecular flexibility index (Phi) is 1.57. The van der Waals surface area contributed by atoms with Gasteiger partial charge in [-0.1, -0.05) is 0 Å². The second-order valence-corrected chi connectivity index (χ2v) is 1.66. The Balaban J connectivity index is 3.06. The van der Waals surface area contributed by atoms with E-state index in [0.717, 1.165) is 6.07 Å². The van der Waals surface area contributed by atoms with Crippen LogP contribution in [0.15, 0.2) is 6.07 Å². The Morgan fingerprint density at radius 3 is 2.20 bits per heavy atom. The molecule has 54 valence electrons. The first-order chi connectivity index (χ1) is 4.72. The molecule has 10 heavy (non-hydrogen) atoms. The smallest absolute Gasteiger partial charge is 0.229 e. The molecule has 0 aliphatic rings. The molecule has 0 radical (unpaired) electrons. The van der Waals surface area contributed by atoms with Gasteiger partial charge in [-0.15, -0.1) is 0 Å². The molecule has 5 nitrogen and oxygen atoms in total. The normalized spacial score (nSPS) is 9.30. The van der Waals surface area contributed by atoms with E-state index in [9.17, 15) is 0 Å². The topological polar surface area (TPSA) is 78.3 Å². The van der Waals surface area contributed by atoms with E-state index in [-0.39, 0.29) is 17.7 Å². The third-order valence-corrected chi connectivity index (χ3v) is 0.923. The maximum absolute atomic E-state index is 8.77. The van der Waals surface area contributed by atoms with E-state index in [4.69, 9.17) is 10.2 Å². The molecule has 0 fully saturated rings. The zero-order valence-electron chi connectivity index (χ0n) is 5.37. The standard InChI is InChI=1S/C5H7N3O2/c1-6-5-7-3(9)2-4(10)8-5/h2H,1H3,(H3,6,7,8,9,10). The maximum Gasteiger partial charge on any atom is 0.229 e. The molecule has 3 N–H and O–H groups in total. The van der Waals surface area contributed by atoms with E-state index in [1.807, 2.05) is 0 Å². The number of aromatic hydroxyl groups is 2. The van der Waals surface area contributed by atoms with Gasteiger partial charge in [-0.3, -0.25) is 0 Å². The molecular formula is C5H7N3O2. The Morgan fingerprint density at radius 1 is 1.30 bits per heavy atom. The molecule has 0 spiro atoms. The monoisotopic (exact) mass is 141 g/mol. The number of rotatable bonds is 1. The van der Waals surface area contributed by atoms with Gasteiger partial charge in [0, 0.05) is 7.05 Å². The van der Waals surface area contributed by atoms with Gasteiger partial charge in [-0.2, -0.15) is 9.97 Å². The van der Waals surface area contributed by atoms with Gasteiger partial charge in [0.25, 0.3) is 0 Å². The highest BCUT2D eigenvalue weighted by Crippen LogP contribution is 2.13. The Morgan fingerprint density at radius 2 is 1.80 bits per heavy atom. The molecule has 0 unspecified atom stereocenters. The molecule has 0 aromatic carbocycles. The molecule has 1 aromatic rings. The quantitative estimate of drug-likeness (QED) is 0.510. The average molecular weight is 141 g/mol. The fourth-order valence-electron chi connectivity index (χ4n) is 0.534. The van der Waals surface area contributed by atoms with Gasteiger partial charge in [0.15, 0.2) is 0 Å². The van der Waals surface area contributed by atoms with E-state index in [1.165, 1.54) is 0 Å². The van der Waals surface area contributed by atoms with Crippen LogP contribution in [0.4, 0.5) is 5.95 Å². The van der Waals surface area contributed by atoms with Crippen molar-refractivity contribution in [3.05, 3.63) is 6.07 Å². The molecule has 1 rings (SSSR count). The van der Waals surface area contributed by atoms with Crippen molar-refractivity contribution in [2.45, 2.75) is 0 Å². The predicted octanol–water partition coefficient (Wildman–Crippen LogP) is -0.0705. The van der Waals surface area contributed by atoms with Crippen LogP contribution in [0.3, 0.4) is 0 Å². The van der Waals surface area contributed by atoms with Crippen LogP contribution >= 0.6 is 0 Å². The number of hydrogen-bond donors (Lipinski definition) is 3. The third-order valence-electron chi connectivity index (χ3n) is 0.923. The first-order valence-corrected chi connectivity index (χ1v) is 2.67. The minimum Gasteiger partial charge on any atom is -0.493 e. The summed E-state index contributed by atoms with van der Waals surface area (Å²) in [6.07, 6.45) is 0. The maximum atomic E-state index is 8.77. The zero-order chi connectivity index (χ0) is 7.56. The zero-order valence-corrected chi connectivity index (χ0v) is 5.37. The van der Waals surface area contributed by atoms with Crippen LogP contribution in [-0.4, -0.2) is 27.2 Å². The number of nitrogens with one attached hydrogen (secondary N) is 1. The second-order valence-electron chi connectivity index (χ2n) is 1.66. The summed E-state index contributed by atoms with van der Waals surface area (Å²) in [4.78, 5) is 7.05. The van der Waals surface area contributed by atoms with E-state index in [1.54, 1.807) is 7.05 Å². The molecule has 0 saturated heterocycles. The highest BCUT2D eigenvalue weighted by molar-refractivity contribution is 5.31. The van der Waals surface area contributed by atoms with E-state index in [0.29, 0.717) is 0 Å². The summed E-state index contributed by atoms with van der Waals surface area (Å²) >= 11 is 0. The molecule has 5 heteroatoms. The van der Waals surface area contributed by atoms with Gasteiger partial charge in [0.05, 0.1) is 6.07 Å². The Hall–Kier alpha value is -1.52. The van der Waals surface area contributed by atoms with Crippen molar-refractivity contribution in [2.75, 3.05) is 12.4 Å². The van der Waals surface area contributed by atoms with E-state index < -0.39 is 0 Å². The first-order valence-electron chi connectivity index (χ1n) is 2.67. The van der Waals surface area contributed by atoms with Crippen molar-refractivity contribution in [3.8, 4) is 11.8 Å². The van der Waals surface area contributed by atoms with Gasteiger partial charge in [-0.25, -0.2) is 0 Å². The lowest BCUT2D eigenvalue weighted by atomic mass is 10.6. The highest BCUT2D eigenvalue weighted by atomic mass is 16.3. The number of hydrogen-bond acceptors (Lipinski definition) is 5. The van der Waals surface area contributed by atoms with Crippen LogP contribution in [0.1, 0.15) is 0 Å². The molecule has 0 aliphatic carbocycles. The summed E-state index contributed by atoms with van der Waals surface area (Å²) in [5, 5.41) is 20.1. The molecule has 0 saturated carbocycles. The van der Waals surface area contributed by atoms with Crippen LogP contribution in [0.2, 0.25) is 0 Å². The Labute approximate surface area is 57.4 Å². The summed E-state index contributed by atoms with van der Waals surface area (Å²) in [5.74, 6) is -0.314. The molecule has 0 aliphatic heterocycles. The van der Waals surface area contributed by atoms with Gasteiger partial charge in [-0.05, 0) is 0 Å². The van der Waals surface area contributed by atoms with Gasteiger partial charge in [0.1, 0.15) is 0 Å². The number of anilines is 1. The van der Waals surface area contributed by atoms with Gasteiger partial charge < -0.3 is 15.5 Å². The van der Waals surface area contributed by atoms with Crippen molar-refractivity contribution in [3.63, 3.8) is 0 Å². The summed E-state index contributed by atoms with van der Waals surface area (Å²) < 4.78 is 0. The average Bonchev–Trinajstić information content (AvgIpc) is 1.85. The van der Waals surface area contributed by atoms with Crippen LogP contribution in [-0.2, 0) is 0 Å². The minimum atomic E-state index is -0.253. The van der Waals surface area contributed by atoms with Crippen molar-refractivity contribution in [1.82, 2.24) is 9.97 Å². The van der Waals surface area contributed by atoms with Crippen LogP contribution < -0.4 is 5.32 Å². The molecule has 0 amide bonds. The molecular weight excluding hydrogens is 134 g/mol. The molecule has 0 atom stereocenters. The van der Waals surface area contributed by atoms with E-state index in [2.05, 4.69) is 15.3 Å². The third kappa shape index (κ3) is 1.25. The number of nitrogens with zero attached hydrogens (tertiary/aromatic N) is 2. The first kappa shape index (κ1) is 6.60. The van der Waals surface area contributed by atoms with Gasteiger partial charge in [0.2, 0.25) is 17.7 Å². The summed E-state index contributed by atoms with van der Waals surface area (Å²) in [6.45, 7) is 0. The largest absolute Gasteiger partial charge is 0.493 e. The van der Waals surface area contributed by atoms with Crippen molar-refractivity contribution >= 4 is 5.95 Å². The highest BCUT2D eigenvalue weighted by Gasteiger charge is 1.98. The van der Waals surface area contributed by atoms with Crippen LogP contribution in [0.25, 0.3) is 0 Å². The lowest BCUT2D eigenvalue weighted by molar-refractivity contribution is 0.423. The van der Waals surface area contributed by atoms with Gasteiger partial charge >= 0.3 is 0 Å². The molecule has 1 aromatic heterocycles. The lowest BCUT2D eigenvalue weighted by Gasteiger charge is -1.97.